The molecule has 1 amide bonds. The molecule has 2 heterocycles. The van der Waals surface area contributed by atoms with Crippen LogP contribution in [0.1, 0.15) is 16.1 Å². The second-order valence-corrected chi connectivity index (χ2v) is 4.01. The first-order valence-electron chi connectivity index (χ1n) is 5.67. The van der Waals surface area contributed by atoms with Crippen LogP contribution in [0.2, 0.25) is 0 Å². The number of carbonyl (C=O) groups is 1. The van der Waals surface area contributed by atoms with Crippen LogP contribution in [0.4, 0.5) is 5.88 Å². The number of hydrogen-bond donors (Lipinski definition) is 1. The summed E-state index contributed by atoms with van der Waals surface area (Å²) in [5.74, 6) is 0.971. The fourth-order valence-electron chi connectivity index (χ4n) is 1.37. The summed E-state index contributed by atoms with van der Waals surface area (Å²) in [5, 5.41) is 3.83. The van der Waals surface area contributed by atoms with Gasteiger partial charge in [0.2, 0.25) is 0 Å². The van der Waals surface area contributed by atoms with E-state index in [1.165, 1.54) is 12.4 Å². The van der Waals surface area contributed by atoms with Gasteiger partial charge in [0.1, 0.15) is 5.76 Å². The molecule has 0 aromatic carbocycles. The highest BCUT2D eigenvalue weighted by Crippen LogP contribution is 2.13. The van der Waals surface area contributed by atoms with Crippen LogP contribution in [0.3, 0.4) is 0 Å². The van der Waals surface area contributed by atoms with Gasteiger partial charge in [-0.15, -0.1) is 0 Å². The molecule has 2 rings (SSSR count). The van der Waals surface area contributed by atoms with Gasteiger partial charge in [-0.3, -0.25) is 9.78 Å². The van der Waals surface area contributed by atoms with Crippen LogP contribution in [0.5, 0.6) is 0 Å². The molecule has 1 N–H and O–H groups in total. The van der Waals surface area contributed by atoms with Gasteiger partial charge in [0, 0.05) is 32.6 Å². The molecule has 2 aromatic rings. The molecule has 0 unspecified atom stereocenters. The van der Waals surface area contributed by atoms with Crippen molar-refractivity contribution in [3.63, 3.8) is 0 Å². The Bertz CT molecular complexity index is 575. The minimum atomic E-state index is -0.316. The Morgan fingerprint density at radius 2 is 2.26 bits per heavy atom. The highest BCUT2D eigenvalue weighted by molar-refractivity contribution is 5.94. The first-order valence-corrected chi connectivity index (χ1v) is 5.67. The van der Waals surface area contributed by atoms with E-state index in [1.54, 1.807) is 24.4 Å². The van der Waals surface area contributed by atoms with E-state index in [4.69, 9.17) is 4.42 Å². The Morgan fingerprint density at radius 3 is 2.89 bits per heavy atom. The van der Waals surface area contributed by atoms with Gasteiger partial charge in [0.05, 0.1) is 11.8 Å². The highest BCUT2D eigenvalue weighted by atomic mass is 16.4. The average Bonchev–Trinajstić information content (AvgIpc) is 2.89. The third-order valence-corrected chi connectivity index (χ3v) is 2.33. The van der Waals surface area contributed by atoms with Gasteiger partial charge in [-0.25, -0.2) is 5.43 Å². The van der Waals surface area contributed by atoms with Crippen LogP contribution >= 0.6 is 0 Å². The van der Waals surface area contributed by atoms with Crippen molar-refractivity contribution in [2.45, 2.75) is 0 Å². The second kappa shape index (κ2) is 5.81. The number of nitrogens with one attached hydrogen (secondary N) is 1. The number of nitrogens with zero attached hydrogens (tertiary/aromatic N) is 3. The van der Waals surface area contributed by atoms with Gasteiger partial charge in [-0.1, -0.05) is 0 Å². The maximum absolute atomic E-state index is 11.6. The van der Waals surface area contributed by atoms with Crippen LogP contribution < -0.4 is 10.3 Å². The maximum atomic E-state index is 11.6. The van der Waals surface area contributed by atoms with Gasteiger partial charge in [0.15, 0.2) is 5.88 Å². The first-order chi connectivity index (χ1) is 9.16. The third kappa shape index (κ3) is 3.41. The molecule has 0 spiro atoms. The quantitative estimate of drug-likeness (QED) is 0.666. The molecule has 0 saturated carbocycles. The zero-order valence-corrected chi connectivity index (χ0v) is 10.7. The normalized spacial score (nSPS) is 10.6. The lowest BCUT2D eigenvalue weighted by atomic mass is 10.3. The molecular formula is C13H14N4O2. The van der Waals surface area contributed by atoms with Crippen LogP contribution in [0, 0.1) is 0 Å². The van der Waals surface area contributed by atoms with Crippen molar-refractivity contribution < 1.29 is 9.21 Å². The van der Waals surface area contributed by atoms with Crippen LogP contribution in [-0.2, 0) is 0 Å². The van der Waals surface area contributed by atoms with Crippen molar-refractivity contribution in [2.75, 3.05) is 19.0 Å². The lowest BCUT2D eigenvalue weighted by Crippen LogP contribution is -2.17. The van der Waals surface area contributed by atoms with Crippen LogP contribution in [0.25, 0.3) is 0 Å². The van der Waals surface area contributed by atoms with E-state index in [0.717, 1.165) is 5.88 Å². The number of anilines is 1. The van der Waals surface area contributed by atoms with E-state index in [0.29, 0.717) is 11.3 Å². The number of rotatable bonds is 4. The van der Waals surface area contributed by atoms with Crippen molar-refractivity contribution in [2.24, 2.45) is 5.10 Å². The fraction of sp³-hybridized carbons (Fsp3) is 0.154. The van der Waals surface area contributed by atoms with Crippen LogP contribution in [0.15, 0.2) is 46.2 Å². The van der Waals surface area contributed by atoms with Crippen molar-refractivity contribution in [1.29, 1.82) is 0 Å². The number of hydrogen-bond acceptors (Lipinski definition) is 5. The van der Waals surface area contributed by atoms with Gasteiger partial charge in [-0.05, 0) is 18.2 Å². The van der Waals surface area contributed by atoms with Gasteiger partial charge >= 0.3 is 0 Å². The van der Waals surface area contributed by atoms with Gasteiger partial charge in [0.25, 0.3) is 5.91 Å². The summed E-state index contributed by atoms with van der Waals surface area (Å²) in [6.07, 6.45) is 4.52. The summed E-state index contributed by atoms with van der Waals surface area (Å²) in [4.78, 5) is 17.3. The van der Waals surface area contributed by atoms with E-state index in [1.807, 2.05) is 25.1 Å². The number of aromatic nitrogens is 1. The Morgan fingerprint density at radius 1 is 1.42 bits per heavy atom. The summed E-state index contributed by atoms with van der Waals surface area (Å²) in [6.45, 7) is 0. The molecule has 0 aliphatic carbocycles. The molecule has 6 heteroatoms. The Balaban J connectivity index is 1.94. The summed E-state index contributed by atoms with van der Waals surface area (Å²) in [6, 6.07) is 6.95. The SMILES string of the molecule is CN(C)c1ccc(C=NNC(=O)c2cccnc2)o1. The van der Waals surface area contributed by atoms with Gasteiger partial charge < -0.3 is 9.32 Å². The van der Waals surface area contributed by atoms with E-state index >= 15 is 0 Å². The molecule has 0 radical (unpaired) electrons. The average molecular weight is 258 g/mol. The fourth-order valence-corrected chi connectivity index (χ4v) is 1.37. The lowest BCUT2D eigenvalue weighted by molar-refractivity contribution is 0.0955. The molecule has 0 fully saturated rings. The number of hydrazone groups is 1. The largest absolute Gasteiger partial charge is 0.440 e. The van der Waals surface area contributed by atoms with Crippen molar-refractivity contribution in [3.8, 4) is 0 Å². The molecular weight excluding hydrogens is 244 g/mol. The molecule has 6 nitrogen and oxygen atoms in total. The first kappa shape index (κ1) is 12.8. The summed E-state index contributed by atoms with van der Waals surface area (Å²) >= 11 is 0. The van der Waals surface area contributed by atoms with Crippen LogP contribution in [-0.4, -0.2) is 31.2 Å². The number of amides is 1. The number of pyridine rings is 1. The van der Waals surface area contributed by atoms with Crippen molar-refractivity contribution in [3.05, 3.63) is 48.0 Å². The molecule has 2 aromatic heterocycles. The minimum Gasteiger partial charge on any atom is -0.440 e. The van der Waals surface area contributed by atoms with Crippen molar-refractivity contribution in [1.82, 2.24) is 10.4 Å². The second-order valence-electron chi connectivity index (χ2n) is 4.01. The molecule has 19 heavy (non-hydrogen) atoms. The predicted octanol–water partition coefficient (Wildman–Crippen LogP) is 1.50. The Hall–Kier alpha value is -2.63. The highest BCUT2D eigenvalue weighted by Gasteiger charge is 2.03. The molecule has 0 atom stereocenters. The zero-order chi connectivity index (χ0) is 13.7. The molecule has 98 valence electrons. The monoisotopic (exact) mass is 258 g/mol. The maximum Gasteiger partial charge on any atom is 0.272 e. The minimum absolute atomic E-state index is 0.316. The van der Waals surface area contributed by atoms with E-state index in [9.17, 15) is 4.79 Å². The lowest BCUT2D eigenvalue weighted by Gasteiger charge is -2.05. The summed E-state index contributed by atoms with van der Waals surface area (Å²) in [7, 11) is 3.76. The number of furan rings is 1. The Kier molecular flexibility index (Phi) is 3.92. The predicted molar refractivity (Wildman–Crippen MR) is 72.3 cm³/mol. The molecule has 0 saturated heterocycles. The summed E-state index contributed by atoms with van der Waals surface area (Å²) in [5.41, 5.74) is 2.85. The molecule has 0 aliphatic rings. The zero-order valence-electron chi connectivity index (χ0n) is 10.7. The standard InChI is InChI=1S/C13H14N4O2/c1-17(2)12-6-5-11(19-12)9-15-16-13(18)10-4-3-7-14-8-10/h3-9H,1-2H3,(H,16,18). The van der Waals surface area contributed by atoms with E-state index < -0.39 is 0 Å². The molecule has 0 bridgehead atoms. The third-order valence-electron chi connectivity index (χ3n) is 2.33. The Labute approximate surface area is 110 Å². The van der Waals surface area contributed by atoms with Gasteiger partial charge in [-0.2, -0.15) is 5.10 Å². The summed E-state index contributed by atoms with van der Waals surface area (Å²) < 4.78 is 5.45. The van der Waals surface area contributed by atoms with E-state index in [2.05, 4.69) is 15.5 Å². The smallest absolute Gasteiger partial charge is 0.272 e. The topological polar surface area (TPSA) is 70.7 Å². The number of carbonyl (C=O) groups excluding carboxylic acids is 1. The van der Waals surface area contributed by atoms with E-state index in [-0.39, 0.29) is 5.91 Å². The molecule has 0 aliphatic heterocycles. The van der Waals surface area contributed by atoms with Crippen molar-refractivity contribution >= 4 is 18.0 Å².